The van der Waals surface area contributed by atoms with E-state index in [0.29, 0.717) is 11.4 Å². The molecule has 0 amide bonds. The van der Waals surface area contributed by atoms with Gasteiger partial charge < -0.3 is 10.1 Å². The van der Waals surface area contributed by atoms with E-state index >= 15 is 0 Å². The molecule has 0 aliphatic carbocycles. The van der Waals surface area contributed by atoms with Crippen LogP contribution in [-0.4, -0.2) is 29.0 Å². The van der Waals surface area contributed by atoms with E-state index in [2.05, 4.69) is 10.4 Å². The van der Waals surface area contributed by atoms with Gasteiger partial charge in [0.1, 0.15) is 17.6 Å². The maximum absolute atomic E-state index is 13.7. The second kappa shape index (κ2) is 6.05. The first kappa shape index (κ1) is 13.1. The average Bonchev–Trinajstić information content (AvgIpc) is 2.75. The molecule has 106 valence electrons. The third-order valence-corrected chi connectivity index (χ3v) is 3.46. The van der Waals surface area contributed by atoms with Gasteiger partial charge in [-0.3, -0.25) is 0 Å². The van der Waals surface area contributed by atoms with Gasteiger partial charge in [-0.25, -0.2) is 9.07 Å². The molecule has 5 heteroatoms. The van der Waals surface area contributed by atoms with Gasteiger partial charge in [0.25, 0.3) is 0 Å². The van der Waals surface area contributed by atoms with Crippen molar-refractivity contribution in [3.8, 4) is 11.4 Å². The summed E-state index contributed by atoms with van der Waals surface area (Å²) in [6.45, 7) is 1.90. The molecule has 0 saturated carbocycles. The predicted molar refractivity (Wildman–Crippen MR) is 74.7 cm³/mol. The van der Waals surface area contributed by atoms with Crippen LogP contribution in [0.1, 0.15) is 19.3 Å². The smallest absolute Gasteiger partial charge is 0.158 e. The molecule has 0 radical (unpaired) electrons. The van der Waals surface area contributed by atoms with Crippen LogP contribution in [0.25, 0.3) is 5.69 Å². The number of benzene rings is 1. The third kappa shape index (κ3) is 2.99. The van der Waals surface area contributed by atoms with Crippen molar-refractivity contribution in [1.82, 2.24) is 15.1 Å². The normalized spacial score (nSPS) is 19.6. The Morgan fingerprint density at radius 3 is 3.10 bits per heavy atom. The van der Waals surface area contributed by atoms with E-state index < -0.39 is 0 Å². The van der Waals surface area contributed by atoms with E-state index in [1.54, 1.807) is 30.6 Å². The van der Waals surface area contributed by atoms with Crippen molar-refractivity contribution in [2.45, 2.75) is 25.4 Å². The molecule has 0 bridgehead atoms. The Morgan fingerprint density at radius 2 is 2.20 bits per heavy atom. The molecule has 20 heavy (non-hydrogen) atoms. The largest absolute Gasteiger partial charge is 0.486 e. The Bertz CT molecular complexity index is 562. The molecule has 1 unspecified atom stereocenters. The summed E-state index contributed by atoms with van der Waals surface area (Å²) in [4.78, 5) is 0. The first-order chi connectivity index (χ1) is 9.83. The predicted octanol–water partition coefficient (Wildman–Crippen LogP) is 2.53. The van der Waals surface area contributed by atoms with Gasteiger partial charge in [0, 0.05) is 6.54 Å². The molecule has 1 saturated heterocycles. The molecule has 1 aliphatic rings. The number of ether oxygens (including phenoxy) is 1. The van der Waals surface area contributed by atoms with E-state index in [1.165, 1.54) is 23.6 Å². The summed E-state index contributed by atoms with van der Waals surface area (Å²) in [5, 5.41) is 7.52. The van der Waals surface area contributed by atoms with Crippen molar-refractivity contribution in [1.29, 1.82) is 0 Å². The lowest BCUT2D eigenvalue weighted by molar-refractivity contribution is 0.194. The highest BCUT2D eigenvalue weighted by atomic mass is 19.1. The highest BCUT2D eigenvalue weighted by Crippen LogP contribution is 2.19. The Morgan fingerprint density at radius 1 is 1.30 bits per heavy atom. The molecule has 1 aromatic carbocycles. The van der Waals surface area contributed by atoms with Crippen LogP contribution in [0.4, 0.5) is 4.39 Å². The van der Waals surface area contributed by atoms with Crippen molar-refractivity contribution in [2.75, 3.05) is 13.1 Å². The molecular formula is C15H18FN3O. The van der Waals surface area contributed by atoms with E-state index in [1.807, 2.05) is 0 Å². The Kier molecular flexibility index (Phi) is 3.97. The third-order valence-electron chi connectivity index (χ3n) is 3.46. The Labute approximate surface area is 117 Å². The van der Waals surface area contributed by atoms with Crippen molar-refractivity contribution < 1.29 is 9.13 Å². The molecule has 1 aromatic heterocycles. The summed E-state index contributed by atoms with van der Waals surface area (Å²) in [5.41, 5.74) is 0.432. The van der Waals surface area contributed by atoms with Crippen molar-refractivity contribution in [3.05, 3.63) is 42.5 Å². The van der Waals surface area contributed by atoms with Gasteiger partial charge in [-0.05, 0) is 37.9 Å². The molecule has 3 rings (SSSR count). The quantitative estimate of drug-likeness (QED) is 0.935. The lowest BCUT2D eigenvalue weighted by atomic mass is 10.2. The Hall–Kier alpha value is -1.88. The van der Waals surface area contributed by atoms with Gasteiger partial charge in [0.15, 0.2) is 5.75 Å². The van der Waals surface area contributed by atoms with Crippen LogP contribution in [0.15, 0.2) is 36.7 Å². The topological polar surface area (TPSA) is 39.1 Å². The average molecular weight is 275 g/mol. The summed E-state index contributed by atoms with van der Waals surface area (Å²) in [7, 11) is 0. The molecule has 1 N–H and O–H groups in total. The summed E-state index contributed by atoms with van der Waals surface area (Å²) in [5.74, 6) is 0.389. The highest BCUT2D eigenvalue weighted by molar-refractivity contribution is 5.33. The SMILES string of the molecule is Fc1ccccc1-n1cc(OC2CCCCNC2)cn1. The minimum atomic E-state index is -0.293. The summed E-state index contributed by atoms with van der Waals surface area (Å²) < 4.78 is 21.1. The van der Waals surface area contributed by atoms with Crippen LogP contribution in [0.2, 0.25) is 0 Å². The molecule has 1 fully saturated rings. The second-order valence-corrected chi connectivity index (χ2v) is 5.01. The number of nitrogens with zero attached hydrogens (tertiary/aromatic N) is 2. The monoisotopic (exact) mass is 275 g/mol. The summed E-state index contributed by atoms with van der Waals surface area (Å²) in [6.07, 6.45) is 6.92. The fraction of sp³-hybridized carbons (Fsp3) is 0.400. The van der Waals surface area contributed by atoms with Crippen molar-refractivity contribution in [3.63, 3.8) is 0 Å². The fourth-order valence-corrected chi connectivity index (χ4v) is 2.42. The minimum Gasteiger partial charge on any atom is -0.486 e. The molecule has 4 nitrogen and oxygen atoms in total. The molecule has 0 spiro atoms. The maximum Gasteiger partial charge on any atom is 0.158 e. The first-order valence-corrected chi connectivity index (χ1v) is 7.00. The van der Waals surface area contributed by atoms with E-state index in [4.69, 9.17) is 4.74 Å². The Balaban J connectivity index is 1.72. The lowest BCUT2D eigenvalue weighted by Gasteiger charge is -2.15. The molecular weight excluding hydrogens is 257 g/mol. The number of rotatable bonds is 3. The van der Waals surface area contributed by atoms with Gasteiger partial charge in [0.2, 0.25) is 0 Å². The summed E-state index contributed by atoms with van der Waals surface area (Å²) in [6, 6.07) is 6.57. The fourth-order valence-electron chi connectivity index (χ4n) is 2.42. The number of halogens is 1. The van der Waals surface area contributed by atoms with Crippen LogP contribution in [0.5, 0.6) is 5.75 Å². The minimum absolute atomic E-state index is 0.163. The second-order valence-electron chi connectivity index (χ2n) is 5.01. The maximum atomic E-state index is 13.7. The zero-order valence-corrected chi connectivity index (χ0v) is 11.3. The first-order valence-electron chi connectivity index (χ1n) is 7.00. The van der Waals surface area contributed by atoms with Crippen LogP contribution in [-0.2, 0) is 0 Å². The molecule has 1 aliphatic heterocycles. The number of nitrogens with one attached hydrogen (secondary N) is 1. The van der Waals surface area contributed by atoms with E-state index in [-0.39, 0.29) is 11.9 Å². The van der Waals surface area contributed by atoms with Gasteiger partial charge in [-0.1, -0.05) is 12.1 Å². The van der Waals surface area contributed by atoms with Gasteiger partial charge in [-0.15, -0.1) is 0 Å². The standard InChI is InChI=1S/C15H18FN3O/c16-14-6-1-2-7-15(14)19-11-13(10-18-19)20-12-5-3-4-8-17-9-12/h1-2,6-7,10-12,17H,3-5,8-9H2. The zero-order valence-electron chi connectivity index (χ0n) is 11.3. The van der Waals surface area contributed by atoms with Crippen molar-refractivity contribution in [2.24, 2.45) is 0 Å². The molecule has 1 atom stereocenters. The van der Waals surface area contributed by atoms with Gasteiger partial charge >= 0.3 is 0 Å². The van der Waals surface area contributed by atoms with E-state index in [9.17, 15) is 4.39 Å². The molecule has 2 aromatic rings. The van der Waals surface area contributed by atoms with Crippen LogP contribution in [0.3, 0.4) is 0 Å². The lowest BCUT2D eigenvalue weighted by Crippen LogP contribution is -2.29. The van der Waals surface area contributed by atoms with E-state index in [0.717, 1.165) is 19.5 Å². The zero-order chi connectivity index (χ0) is 13.8. The van der Waals surface area contributed by atoms with Crippen LogP contribution in [0, 0.1) is 5.82 Å². The number of hydrogen-bond acceptors (Lipinski definition) is 3. The van der Waals surface area contributed by atoms with Gasteiger partial charge in [0.05, 0.1) is 12.4 Å². The highest BCUT2D eigenvalue weighted by Gasteiger charge is 2.14. The number of aromatic nitrogens is 2. The summed E-state index contributed by atoms with van der Waals surface area (Å²) >= 11 is 0. The number of hydrogen-bond donors (Lipinski definition) is 1. The number of para-hydroxylation sites is 1. The van der Waals surface area contributed by atoms with Crippen molar-refractivity contribution >= 4 is 0 Å². The van der Waals surface area contributed by atoms with Gasteiger partial charge in [-0.2, -0.15) is 5.10 Å². The van der Waals surface area contributed by atoms with Crippen LogP contribution < -0.4 is 10.1 Å². The van der Waals surface area contributed by atoms with Crippen LogP contribution >= 0.6 is 0 Å². The molecule has 2 heterocycles.